The second-order valence-corrected chi connectivity index (χ2v) is 7.80. The Hall–Kier alpha value is -3.66. The molecule has 1 N–H and O–H groups in total. The quantitative estimate of drug-likeness (QED) is 0.370. The summed E-state index contributed by atoms with van der Waals surface area (Å²) in [5, 5.41) is 2.92. The Morgan fingerprint density at radius 1 is 0.906 bits per heavy atom. The molecule has 0 aliphatic rings. The lowest BCUT2D eigenvalue weighted by Gasteiger charge is -2.19. The summed E-state index contributed by atoms with van der Waals surface area (Å²) in [5.74, 6) is -0.519. The smallest absolute Gasteiger partial charge is 0.331 e. The van der Waals surface area contributed by atoms with Crippen molar-refractivity contribution in [1.82, 2.24) is 5.32 Å². The number of amides is 1. The van der Waals surface area contributed by atoms with Crippen molar-refractivity contribution < 1.29 is 14.3 Å². The van der Waals surface area contributed by atoms with Crippen molar-refractivity contribution >= 4 is 18.0 Å². The zero-order valence-corrected chi connectivity index (χ0v) is 18.6. The number of esters is 1. The molecular formula is C28H29NO3. The normalized spacial score (nSPS) is 11.8. The Morgan fingerprint density at radius 2 is 1.59 bits per heavy atom. The van der Waals surface area contributed by atoms with Gasteiger partial charge in [0.1, 0.15) is 6.10 Å². The largest absolute Gasteiger partial charge is 0.452 e. The van der Waals surface area contributed by atoms with Crippen LogP contribution in [-0.4, -0.2) is 18.4 Å². The van der Waals surface area contributed by atoms with Gasteiger partial charge in [-0.25, -0.2) is 4.79 Å². The van der Waals surface area contributed by atoms with E-state index < -0.39 is 12.1 Å². The molecule has 3 aromatic rings. The topological polar surface area (TPSA) is 55.4 Å². The van der Waals surface area contributed by atoms with Gasteiger partial charge in [-0.05, 0) is 54.2 Å². The molecule has 3 aromatic carbocycles. The Labute approximate surface area is 189 Å². The van der Waals surface area contributed by atoms with Crippen LogP contribution in [0.4, 0.5) is 0 Å². The van der Waals surface area contributed by atoms with E-state index in [4.69, 9.17) is 4.74 Å². The zero-order valence-electron chi connectivity index (χ0n) is 18.6. The van der Waals surface area contributed by atoms with Gasteiger partial charge in [-0.1, -0.05) is 78.9 Å². The van der Waals surface area contributed by atoms with Gasteiger partial charge >= 0.3 is 5.97 Å². The van der Waals surface area contributed by atoms with Crippen LogP contribution in [0.3, 0.4) is 0 Å². The Balaban J connectivity index is 1.63. The van der Waals surface area contributed by atoms with Crippen LogP contribution in [0.1, 0.15) is 40.3 Å². The van der Waals surface area contributed by atoms with E-state index in [9.17, 15) is 9.59 Å². The number of ether oxygens (including phenoxy) is 1. The highest BCUT2D eigenvalue weighted by molar-refractivity contribution is 5.87. The molecule has 0 aliphatic heterocycles. The SMILES string of the molecule is Cc1ccc([C@@H](CNC(=O)CCc2ccccc2)OC(=O)/C=C/c2ccccc2)cc1C. The summed E-state index contributed by atoms with van der Waals surface area (Å²) in [7, 11) is 0. The van der Waals surface area contributed by atoms with Gasteiger partial charge in [0.25, 0.3) is 0 Å². The first kappa shape index (κ1) is 23.0. The standard InChI is InChI=1S/C28H29NO3/c1-21-13-16-25(19-22(21)2)26(32-28(31)18-15-24-11-7-4-8-12-24)20-29-27(30)17-14-23-9-5-3-6-10-23/h3-13,15-16,18-19,26H,14,17,20H2,1-2H3,(H,29,30)/b18-15+/t26-/m1/s1. The third-order valence-electron chi connectivity index (χ3n) is 5.34. The fraction of sp³-hybridized carbons (Fsp3) is 0.214. The average molecular weight is 428 g/mol. The van der Waals surface area contributed by atoms with E-state index in [2.05, 4.69) is 5.32 Å². The number of aryl methyl sites for hydroxylation is 3. The minimum Gasteiger partial charge on any atom is -0.452 e. The van der Waals surface area contributed by atoms with Gasteiger partial charge in [-0.2, -0.15) is 0 Å². The summed E-state index contributed by atoms with van der Waals surface area (Å²) in [5.41, 5.74) is 5.17. The van der Waals surface area contributed by atoms with Crippen LogP contribution in [0.5, 0.6) is 0 Å². The van der Waals surface area contributed by atoms with E-state index in [1.165, 1.54) is 6.08 Å². The Kier molecular flexibility index (Phi) is 8.38. The number of hydrogen-bond donors (Lipinski definition) is 1. The van der Waals surface area contributed by atoms with Crippen molar-refractivity contribution in [2.75, 3.05) is 6.54 Å². The summed E-state index contributed by atoms with van der Waals surface area (Å²) in [6, 6.07) is 25.4. The van der Waals surface area contributed by atoms with E-state index in [1.54, 1.807) is 6.08 Å². The first-order valence-electron chi connectivity index (χ1n) is 10.8. The van der Waals surface area contributed by atoms with Crippen molar-refractivity contribution in [3.63, 3.8) is 0 Å². The molecule has 32 heavy (non-hydrogen) atoms. The van der Waals surface area contributed by atoms with Crippen LogP contribution in [0.15, 0.2) is 84.9 Å². The lowest BCUT2D eigenvalue weighted by Crippen LogP contribution is -2.30. The van der Waals surface area contributed by atoms with Gasteiger partial charge in [-0.3, -0.25) is 4.79 Å². The molecule has 0 radical (unpaired) electrons. The number of rotatable bonds is 9. The maximum atomic E-state index is 12.5. The highest BCUT2D eigenvalue weighted by atomic mass is 16.5. The van der Waals surface area contributed by atoms with Crippen LogP contribution in [0, 0.1) is 13.8 Å². The summed E-state index contributed by atoms with van der Waals surface area (Å²) >= 11 is 0. The van der Waals surface area contributed by atoms with E-state index in [0.717, 1.165) is 27.8 Å². The molecule has 0 saturated carbocycles. The summed E-state index contributed by atoms with van der Waals surface area (Å²) < 4.78 is 5.73. The van der Waals surface area contributed by atoms with E-state index >= 15 is 0 Å². The molecule has 164 valence electrons. The third-order valence-corrected chi connectivity index (χ3v) is 5.34. The lowest BCUT2D eigenvalue weighted by atomic mass is 10.0. The van der Waals surface area contributed by atoms with Gasteiger partial charge < -0.3 is 10.1 Å². The van der Waals surface area contributed by atoms with Gasteiger partial charge in [0.05, 0.1) is 6.54 Å². The maximum absolute atomic E-state index is 12.5. The number of hydrogen-bond acceptors (Lipinski definition) is 3. The van der Waals surface area contributed by atoms with E-state index in [-0.39, 0.29) is 12.5 Å². The van der Waals surface area contributed by atoms with Crippen LogP contribution in [0.25, 0.3) is 6.08 Å². The average Bonchev–Trinajstić information content (AvgIpc) is 2.82. The minimum absolute atomic E-state index is 0.0708. The molecule has 0 saturated heterocycles. The number of carbonyl (C=O) groups excluding carboxylic acids is 2. The molecule has 3 rings (SSSR count). The second kappa shape index (κ2) is 11.7. The second-order valence-electron chi connectivity index (χ2n) is 7.80. The monoisotopic (exact) mass is 427 g/mol. The van der Waals surface area contributed by atoms with Gasteiger partial charge in [-0.15, -0.1) is 0 Å². The molecule has 0 spiro atoms. The Bertz CT molecular complexity index is 1060. The molecular weight excluding hydrogens is 398 g/mol. The number of benzene rings is 3. The highest BCUT2D eigenvalue weighted by Crippen LogP contribution is 2.21. The molecule has 1 amide bonds. The van der Waals surface area contributed by atoms with Crippen molar-refractivity contribution in [2.45, 2.75) is 32.8 Å². The molecule has 1 atom stereocenters. The molecule has 4 nitrogen and oxygen atoms in total. The van der Waals surface area contributed by atoms with Crippen molar-refractivity contribution in [1.29, 1.82) is 0 Å². The first-order valence-corrected chi connectivity index (χ1v) is 10.8. The summed E-state index contributed by atoms with van der Waals surface area (Å²) in [6.45, 7) is 4.28. The summed E-state index contributed by atoms with van der Waals surface area (Å²) in [4.78, 5) is 24.9. The van der Waals surface area contributed by atoms with E-state index in [1.807, 2.05) is 92.7 Å². The maximum Gasteiger partial charge on any atom is 0.331 e. The van der Waals surface area contributed by atoms with E-state index in [0.29, 0.717) is 12.8 Å². The van der Waals surface area contributed by atoms with Gasteiger partial charge in [0.15, 0.2) is 0 Å². The van der Waals surface area contributed by atoms with Crippen LogP contribution < -0.4 is 5.32 Å². The highest BCUT2D eigenvalue weighted by Gasteiger charge is 2.17. The van der Waals surface area contributed by atoms with Gasteiger partial charge in [0.2, 0.25) is 5.91 Å². The zero-order chi connectivity index (χ0) is 22.8. The molecule has 0 heterocycles. The molecule has 4 heteroatoms. The van der Waals surface area contributed by atoms with Crippen LogP contribution in [0.2, 0.25) is 0 Å². The predicted octanol–water partition coefficient (Wildman–Crippen LogP) is 5.35. The fourth-order valence-electron chi connectivity index (χ4n) is 3.30. The molecule has 0 aromatic heterocycles. The van der Waals surface area contributed by atoms with Crippen LogP contribution in [-0.2, 0) is 20.7 Å². The molecule has 0 bridgehead atoms. The number of nitrogens with one attached hydrogen (secondary N) is 1. The van der Waals surface area contributed by atoms with Crippen LogP contribution >= 0.6 is 0 Å². The number of carbonyl (C=O) groups is 2. The third kappa shape index (κ3) is 7.24. The predicted molar refractivity (Wildman–Crippen MR) is 128 cm³/mol. The molecule has 0 aliphatic carbocycles. The van der Waals surface area contributed by atoms with Crippen molar-refractivity contribution in [3.8, 4) is 0 Å². The molecule has 0 fully saturated rings. The fourth-order valence-corrected chi connectivity index (χ4v) is 3.30. The summed E-state index contributed by atoms with van der Waals surface area (Å²) in [6.07, 6.45) is 3.62. The Morgan fingerprint density at radius 3 is 2.28 bits per heavy atom. The lowest BCUT2D eigenvalue weighted by molar-refractivity contribution is -0.143. The molecule has 0 unspecified atom stereocenters. The van der Waals surface area contributed by atoms with Crippen molar-refractivity contribution in [2.24, 2.45) is 0 Å². The van der Waals surface area contributed by atoms with Gasteiger partial charge in [0, 0.05) is 12.5 Å². The first-order chi connectivity index (χ1) is 15.5. The minimum atomic E-state index is -0.567. The van der Waals surface area contributed by atoms with Crippen molar-refractivity contribution in [3.05, 3.63) is 113 Å².